The fourth-order valence-electron chi connectivity index (χ4n) is 2.28. The van der Waals surface area contributed by atoms with Gasteiger partial charge < -0.3 is 4.40 Å². The molecule has 1 N–H and O–H groups in total. The maximum atomic E-state index is 4.36. The van der Waals surface area contributed by atoms with E-state index in [9.17, 15) is 0 Å². The summed E-state index contributed by atoms with van der Waals surface area (Å²) in [6.45, 7) is 0. The Bertz CT molecular complexity index is 827. The van der Waals surface area contributed by atoms with E-state index in [1.165, 1.54) is 0 Å². The van der Waals surface area contributed by atoms with Crippen LogP contribution in [0.25, 0.3) is 27.9 Å². The first kappa shape index (κ1) is 9.41. The van der Waals surface area contributed by atoms with E-state index >= 15 is 0 Å². The van der Waals surface area contributed by atoms with Crippen LogP contribution in [-0.2, 0) is 0 Å². The van der Waals surface area contributed by atoms with Gasteiger partial charge in [-0.15, -0.1) is 0 Å². The quantitative estimate of drug-likeness (QED) is 0.550. The summed E-state index contributed by atoms with van der Waals surface area (Å²) in [7, 11) is 0. The summed E-state index contributed by atoms with van der Waals surface area (Å²) in [5.74, 6) is 0. The molecule has 0 bridgehead atoms. The topological polar surface area (TPSA) is 46.0 Å². The first-order valence-electron chi connectivity index (χ1n) is 5.79. The smallest absolute Gasteiger partial charge is 0.198 e. The normalized spacial score (nSPS) is 11.3. The van der Waals surface area contributed by atoms with Crippen molar-refractivity contribution in [1.29, 1.82) is 0 Å². The van der Waals surface area contributed by atoms with Crippen LogP contribution in [0.5, 0.6) is 0 Å². The van der Waals surface area contributed by atoms with Gasteiger partial charge >= 0.3 is 0 Å². The van der Waals surface area contributed by atoms with Gasteiger partial charge in [0.25, 0.3) is 0 Å². The SMILES string of the molecule is c1ccc(-c2[nH]nc3ncc4cccn4c23)cc1. The van der Waals surface area contributed by atoms with Gasteiger partial charge in [0.1, 0.15) is 5.52 Å². The molecule has 0 aliphatic rings. The number of hydrogen-bond acceptors (Lipinski definition) is 2. The van der Waals surface area contributed by atoms with Crippen molar-refractivity contribution in [3.05, 3.63) is 54.9 Å². The molecule has 4 aromatic rings. The van der Waals surface area contributed by atoms with Gasteiger partial charge in [0.15, 0.2) is 5.65 Å². The summed E-state index contributed by atoms with van der Waals surface area (Å²) in [6.07, 6.45) is 3.86. The molecule has 1 aromatic carbocycles. The highest BCUT2D eigenvalue weighted by molar-refractivity contribution is 5.89. The molecule has 86 valence electrons. The Morgan fingerprint density at radius 1 is 1.00 bits per heavy atom. The molecule has 0 fully saturated rings. The zero-order valence-corrected chi connectivity index (χ0v) is 9.54. The summed E-state index contributed by atoms with van der Waals surface area (Å²) < 4.78 is 2.11. The lowest BCUT2D eigenvalue weighted by Crippen LogP contribution is -1.88. The Labute approximate surface area is 103 Å². The molecule has 0 saturated carbocycles. The summed E-state index contributed by atoms with van der Waals surface area (Å²) in [4.78, 5) is 4.36. The largest absolute Gasteiger partial charge is 0.310 e. The zero-order valence-electron chi connectivity index (χ0n) is 9.54. The van der Waals surface area contributed by atoms with E-state index in [2.05, 4.69) is 31.7 Å². The van der Waals surface area contributed by atoms with Gasteiger partial charge in [-0.05, 0) is 12.1 Å². The van der Waals surface area contributed by atoms with Crippen molar-refractivity contribution in [3.8, 4) is 11.3 Å². The van der Waals surface area contributed by atoms with E-state index in [-0.39, 0.29) is 0 Å². The lowest BCUT2D eigenvalue weighted by atomic mass is 10.1. The third kappa shape index (κ3) is 1.20. The van der Waals surface area contributed by atoms with Crippen molar-refractivity contribution in [1.82, 2.24) is 19.6 Å². The Balaban J connectivity index is 2.15. The monoisotopic (exact) mass is 234 g/mol. The molecule has 0 saturated heterocycles. The predicted molar refractivity (Wildman–Crippen MR) is 70.3 cm³/mol. The molecule has 3 aromatic heterocycles. The number of nitrogens with zero attached hydrogens (tertiary/aromatic N) is 3. The van der Waals surface area contributed by atoms with Crippen molar-refractivity contribution in [3.63, 3.8) is 0 Å². The van der Waals surface area contributed by atoms with Crippen LogP contribution in [0, 0.1) is 0 Å². The molecule has 0 radical (unpaired) electrons. The van der Waals surface area contributed by atoms with E-state index in [1.807, 2.05) is 42.7 Å². The van der Waals surface area contributed by atoms with Gasteiger partial charge in [-0.2, -0.15) is 5.10 Å². The molecular formula is C14H10N4. The van der Waals surface area contributed by atoms with Gasteiger partial charge in [0, 0.05) is 11.8 Å². The van der Waals surface area contributed by atoms with Crippen molar-refractivity contribution in [2.75, 3.05) is 0 Å². The standard InChI is InChI=1S/C14H10N4/c1-2-5-10(6-3-1)12-13-14(17-16-12)15-9-11-7-4-8-18(11)13/h1-9H,(H,16,17). The molecule has 18 heavy (non-hydrogen) atoms. The first-order chi connectivity index (χ1) is 8.93. The summed E-state index contributed by atoms with van der Waals surface area (Å²) in [5.41, 5.74) is 4.94. The molecule has 3 heterocycles. The maximum absolute atomic E-state index is 4.36. The number of fused-ring (bicyclic) bond motifs is 3. The van der Waals surface area contributed by atoms with E-state index in [0.717, 1.165) is 27.9 Å². The number of nitrogens with one attached hydrogen (secondary N) is 1. The van der Waals surface area contributed by atoms with E-state index in [1.54, 1.807) is 0 Å². The first-order valence-corrected chi connectivity index (χ1v) is 5.79. The molecule has 4 rings (SSSR count). The number of aromatic nitrogens is 4. The number of benzene rings is 1. The third-order valence-electron chi connectivity index (χ3n) is 3.12. The average molecular weight is 234 g/mol. The third-order valence-corrected chi connectivity index (χ3v) is 3.12. The second-order valence-electron chi connectivity index (χ2n) is 4.20. The minimum Gasteiger partial charge on any atom is -0.310 e. The number of H-pyrrole nitrogens is 1. The Hall–Kier alpha value is -2.62. The number of hydrogen-bond donors (Lipinski definition) is 1. The summed E-state index contributed by atoms with van der Waals surface area (Å²) >= 11 is 0. The Morgan fingerprint density at radius 3 is 2.78 bits per heavy atom. The Morgan fingerprint density at radius 2 is 1.89 bits per heavy atom. The van der Waals surface area contributed by atoms with Gasteiger partial charge in [-0.1, -0.05) is 30.3 Å². The minimum absolute atomic E-state index is 0.734. The Kier molecular flexibility index (Phi) is 1.80. The fraction of sp³-hybridized carbons (Fsp3) is 0. The highest BCUT2D eigenvalue weighted by Gasteiger charge is 2.11. The van der Waals surface area contributed by atoms with Crippen LogP contribution in [0.3, 0.4) is 0 Å². The highest BCUT2D eigenvalue weighted by Crippen LogP contribution is 2.25. The van der Waals surface area contributed by atoms with Crippen molar-refractivity contribution >= 4 is 16.7 Å². The molecule has 0 amide bonds. The van der Waals surface area contributed by atoms with Gasteiger partial charge in [0.2, 0.25) is 0 Å². The molecule has 0 unspecified atom stereocenters. The number of rotatable bonds is 1. The molecule has 4 heteroatoms. The predicted octanol–water partition coefficient (Wildman–Crippen LogP) is 2.88. The average Bonchev–Trinajstić information content (AvgIpc) is 3.05. The maximum Gasteiger partial charge on any atom is 0.198 e. The van der Waals surface area contributed by atoms with Gasteiger partial charge in [-0.25, -0.2) is 4.98 Å². The van der Waals surface area contributed by atoms with Gasteiger partial charge in [-0.3, -0.25) is 5.10 Å². The van der Waals surface area contributed by atoms with Crippen LogP contribution < -0.4 is 0 Å². The van der Waals surface area contributed by atoms with Crippen LogP contribution in [0.15, 0.2) is 54.9 Å². The molecule has 0 atom stereocenters. The molecule has 4 nitrogen and oxygen atoms in total. The second kappa shape index (κ2) is 3.43. The second-order valence-corrected chi connectivity index (χ2v) is 4.20. The van der Waals surface area contributed by atoms with Crippen LogP contribution in [-0.4, -0.2) is 19.6 Å². The summed E-state index contributed by atoms with van der Waals surface area (Å²) in [5, 5.41) is 7.35. The van der Waals surface area contributed by atoms with Crippen molar-refractivity contribution < 1.29 is 0 Å². The van der Waals surface area contributed by atoms with E-state index in [0.29, 0.717) is 0 Å². The lowest BCUT2D eigenvalue weighted by molar-refractivity contribution is 1.10. The summed E-state index contributed by atoms with van der Waals surface area (Å²) in [6, 6.07) is 14.2. The molecule has 0 spiro atoms. The fourth-order valence-corrected chi connectivity index (χ4v) is 2.28. The van der Waals surface area contributed by atoms with E-state index in [4.69, 9.17) is 0 Å². The van der Waals surface area contributed by atoms with E-state index < -0.39 is 0 Å². The zero-order chi connectivity index (χ0) is 11.9. The lowest BCUT2D eigenvalue weighted by Gasteiger charge is -2.01. The van der Waals surface area contributed by atoms with Crippen LogP contribution in [0.1, 0.15) is 0 Å². The van der Waals surface area contributed by atoms with Crippen molar-refractivity contribution in [2.24, 2.45) is 0 Å². The number of aromatic amines is 1. The minimum atomic E-state index is 0.734. The molecule has 0 aliphatic carbocycles. The van der Waals surface area contributed by atoms with Crippen molar-refractivity contribution in [2.45, 2.75) is 0 Å². The van der Waals surface area contributed by atoms with Crippen LogP contribution in [0.4, 0.5) is 0 Å². The highest BCUT2D eigenvalue weighted by atomic mass is 15.2. The van der Waals surface area contributed by atoms with Crippen LogP contribution in [0.2, 0.25) is 0 Å². The molecular weight excluding hydrogens is 224 g/mol. The van der Waals surface area contributed by atoms with Crippen LogP contribution >= 0.6 is 0 Å². The van der Waals surface area contributed by atoms with Gasteiger partial charge in [0.05, 0.1) is 17.4 Å². The molecule has 0 aliphatic heterocycles.